The van der Waals surface area contributed by atoms with Crippen LogP contribution in [0.5, 0.6) is 0 Å². The highest BCUT2D eigenvalue weighted by Crippen LogP contribution is 2.31. The highest BCUT2D eigenvalue weighted by atomic mass is 16.1. The van der Waals surface area contributed by atoms with E-state index in [0.29, 0.717) is 18.5 Å². The van der Waals surface area contributed by atoms with Gasteiger partial charge in [-0.1, -0.05) is 13.3 Å². The van der Waals surface area contributed by atoms with Crippen molar-refractivity contribution < 1.29 is 4.79 Å². The van der Waals surface area contributed by atoms with Gasteiger partial charge >= 0.3 is 0 Å². The fourth-order valence-corrected chi connectivity index (χ4v) is 4.52. The van der Waals surface area contributed by atoms with E-state index in [0.717, 1.165) is 54.1 Å². The number of hydrogen-bond donors (Lipinski definition) is 1. The Morgan fingerprint density at radius 1 is 1.25 bits per heavy atom. The number of piperidine rings is 1. The number of aromatic nitrogens is 3. The van der Waals surface area contributed by atoms with Crippen molar-refractivity contribution in [2.45, 2.75) is 84.2 Å². The van der Waals surface area contributed by atoms with Gasteiger partial charge in [-0.05, 0) is 71.0 Å². The zero-order valence-corrected chi connectivity index (χ0v) is 17.5. The maximum atomic E-state index is 12.1. The second-order valence-corrected chi connectivity index (χ2v) is 8.49. The van der Waals surface area contributed by atoms with Crippen LogP contribution in [-0.4, -0.2) is 44.5 Å². The molecule has 0 radical (unpaired) electrons. The third-order valence-corrected chi connectivity index (χ3v) is 6.19. The van der Waals surface area contributed by atoms with E-state index in [4.69, 9.17) is 10.1 Å². The summed E-state index contributed by atoms with van der Waals surface area (Å²) in [7, 11) is 0. The molecule has 6 heteroatoms. The van der Waals surface area contributed by atoms with Crippen molar-refractivity contribution in [3.05, 3.63) is 28.7 Å². The molecule has 0 spiro atoms. The third-order valence-electron chi connectivity index (χ3n) is 6.19. The van der Waals surface area contributed by atoms with Crippen LogP contribution in [0.1, 0.15) is 80.6 Å². The van der Waals surface area contributed by atoms with E-state index in [1.54, 1.807) is 0 Å². The van der Waals surface area contributed by atoms with Gasteiger partial charge < -0.3 is 5.32 Å². The first-order valence-corrected chi connectivity index (χ1v) is 11.0. The van der Waals surface area contributed by atoms with Gasteiger partial charge in [0.15, 0.2) is 5.65 Å². The third kappa shape index (κ3) is 4.07. The fraction of sp³-hybridized carbons (Fsp3) is 0.682. The van der Waals surface area contributed by atoms with Gasteiger partial charge in [-0.15, -0.1) is 0 Å². The molecule has 0 aromatic carbocycles. The van der Waals surface area contributed by atoms with Gasteiger partial charge in [-0.25, -0.2) is 9.50 Å². The van der Waals surface area contributed by atoms with Gasteiger partial charge in [-0.2, -0.15) is 5.10 Å². The Bertz CT molecular complexity index is 852. The summed E-state index contributed by atoms with van der Waals surface area (Å²) >= 11 is 0. The van der Waals surface area contributed by atoms with E-state index in [9.17, 15) is 4.79 Å². The van der Waals surface area contributed by atoms with Crippen LogP contribution >= 0.6 is 0 Å². The molecule has 3 heterocycles. The fourth-order valence-electron chi connectivity index (χ4n) is 4.52. The summed E-state index contributed by atoms with van der Waals surface area (Å²) in [5.41, 5.74) is 5.36. The SMILES string of the molecule is CCCN1CCCCC1c1cc2nc(C)c(CCC(=O)NC3CC3)c(C)n2n1. The number of carbonyl (C=O) groups is 1. The molecule has 1 saturated heterocycles. The Kier molecular flexibility index (Phi) is 5.67. The molecule has 2 aliphatic rings. The lowest BCUT2D eigenvalue weighted by atomic mass is 9.99. The van der Waals surface area contributed by atoms with Crippen molar-refractivity contribution in [3.8, 4) is 0 Å². The number of nitrogens with zero attached hydrogens (tertiary/aromatic N) is 4. The van der Waals surface area contributed by atoms with E-state index >= 15 is 0 Å². The number of aryl methyl sites for hydroxylation is 2. The summed E-state index contributed by atoms with van der Waals surface area (Å²) in [6.45, 7) is 8.70. The van der Waals surface area contributed by atoms with E-state index in [1.165, 1.54) is 32.2 Å². The molecule has 2 aromatic heterocycles. The molecule has 1 aliphatic heterocycles. The van der Waals surface area contributed by atoms with Crippen LogP contribution in [0.2, 0.25) is 0 Å². The number of amides is 1. The van der Waals surface area contributed by atoms with Gasteiger partial charge in [0.25, 0.3) is 0 Å². The summed E-state index contributed by atoms with van der Waals surface area (Å²) in [6.07, 6.45) is 8.40. The number of nitrogens with one attached hydrogen (secondary N) is 1. The first kappa shape index (κ1) is 19.4. The first-order chi connectivity index (χ1) is 13.6. The zero-order chi connectivity index (χ0) is 19.7. The van der Waals surface area contributed by atoms with Crippen molar-refractivity contribution in [2.24, 2.45) is 0 Å². The molecule has 1 aliphatic carbocycles. The van der Waals surface area contributed by atoms with Crippen molar-refractivity contribution in [2.75, 3.05) is 13.1 Å². The largest absolute Gasteiger partial charge is 0.353 e. The van der Waals surface area contributed by atoms with Crippen molar-refractivity contribution in [3.63, 3.8) is 0 Å². The van der Waals surface area contributed by atoms with Crippen molar-refractivity contribution >= 4 is 11.6 Å². The molecule has 1 saturated carbocycles. The van der Waals surface area contributed by atoms with Gasteiger partial charge in [0.05, 0.1) is 11.7 Å². The van der Waals surface area contributed by atoms with E-state index in [-0.39, 0.29) is 5.91 Å². The molecule has 1 unspecified atom stereocenters. The number of likely N-dealkylation sites (tertiary alicyclic amines) is 1. The minimum absolute atomic E-state index is 0.153. The summed E-state index contributed by atoms with van der Waals surface area (Å²) in [5.74, 6) is 0.153. The van der Waals surface area contributed by atoms with Crippen LogP contribution in [-0.2, 0) is 11.2 Å². The maximum Gasteiger partial charge on any atom is 0.220 e. The van der Waals surface area contributed by atoms with Crippen molar-refractivity contribution in [1.82, 2.24) is 24.8 Å². The van der Waals surface area contributed by atoms with Gasteiger partial charge in [-0.3, -0.25) is 9.69 Å². The van der Waals surface area contributed by atoms with Gasteiger partial charge in [0.2, 0.25) is 5.91 Å². The molecule has 1 N–H and O–H groups in total. The number of rotatable bonds is 7. The Morgan fingerprint density at radius 2 is 2.07 bits per heavy atom. The second kappa shape index (κ2) is 8.19. The molecule has 1 atom stereocenters. The molecule has 2 aromatic rings. The first-order valence-electron chi connectivity index (χ1n) is 11.0. The van der Waals surface area contributed by atoms with Gasteiger partial charge in [0, 0.05) is 29.9 Å². The normalized spacial score (nSPS) is 20.6. The van der Waals surface area contributed by atoms with Crippen LogP contribution < -0.4 is 5.32 Å². The van der Waals surface area contributed by atoms with Gasteiger partial charge in [0.1, 0.15) is 0 Å². The van der Waals surface area contributed by atoms with Crippen LogP contribution in [0.15, 0.2) is 6.07 Å². The average Bonchev–Trinajstić information content (AvgIpc) is 3.38. The molecule has 152 valence electrons. The molecular weight excluding hydrogens is 350 g/mol. The minimum Gasteiger partial charge on any atom is -0.353 e. The maximum absolute atomic E-state index is 12.1. The molecule has 1 amide bonds. The molecule has 6 nitrogen and oxygen atoms in total. The minimum atomic E-state index is 0.153. The monoisotopic (exact) mass is 383 g/mol. The molecular formula is C22H33N5O. The predicted molar refractivity (Wildman–Crippen MR) is 110 cm³/mol. The zero-order valence-electron chi connectivity index (χ0n) is 17.5. The summed E-state index contributed by atoms with van der Waals surface area (Å²) in [5, 5.41) is 8.04. The second-order valence-electron chi connectivity index (χ2n) is 8.49. The molecule has 4 rings (SSSR count). The summed E-state index contributed by atoms with van der Waals surface area (Å²) in [4.78, 5) is 19.5. The van der Waals surface area contributed by atoms with Crippen molar-refractivity contribution in [1.29, 1.82) is 0 Å². The van der Waals surface area contributed by atoms with E-state index in [1.807, 2.05) is 4.52 Å². The van der Waals surface area contributed by atoms with Crippen LogP contribution in [0.4, 0.5) is 0 Å². The summed E-state index contributed by atoms with van der Waals surface area (Å²) in [6, 6.07) is 3.00. The Hall–Kier alpha value is -1.95. The highest BCUT2D eigenvalue weighted by molar-refractivity contribution is 5.76. The Balaban J connectivity index is 1.56. The number of fused-ring (bicyclic) bond motifs is 1. The standard InChI is InChI=1S/C22H33N5O/c1-4-12-26-13-6-5-7-20(26)19-14-21-23-15(2)18(16(3)27(21)25-19)10-11-22(28)24-17-8-9-17/h14,17,20H,4-13H2,1-3H3,(H,24,28). The lowest BCUT2D eigenvalue weighted by molar-refractivity contribution is -0.121. The van der Waals surface area contributed by atoms with Crippen LogP contribution in [0.25, 0.3) is 5.65 Å². The Labute approximate surface area is 167 Å². The molecule has 2 fully saturated rings. The average molecular weight is 384 g/mol. The molecule has 28 heavy (non-hydrogen) atoms. The smallest absolute Gasteiger partial charge is 0.220 e. The highest BCUT2D eigenvalue weighted by Gasteiger charge is 2.27. The topological polar surface area (TPSA) is 62.5 Å². The van der Waals surface area contributed by atoms with E-state index < -0.39 is 0 Å². The van der Waals surface area contributed by atoms with Crippen LogP contribution in [0.3, 0.4) is 0 Å². The number of hydrogen-bond acceptors (Lipinski definition) is 4. The molecule has 0 bridgehead atoms. The quantitative estimate of drug-likeness (QED) is 0.795. The van der Waals surface area contributed by atoms with Crippen LogP contribution in [0, 0.1) is 13.8 Å². The summed E-state index contributed by atoms with van der Waals surface area (Å²) < 4.78 is 2.00. The lowest BCUT2D eigenvalue weighted by Crippen LogP contribution is -2.34. The number of carbonyl (C=O) groups excluding carboxylic acids is 1. The van der Waals surface area contributed by atoms with E-state index in [2.05, 4.69) is 37.1 Å². The lowest BCUT2D eigenvalue weighted by Gasteiger charge is -2.34. The Morgan fingerprint density at radius 3 is 2.82 bits per heavy atom. The predicted octanol–water partition coefficient (Wildman–Crippen LogP) is 3.49.